The molecule has 738 valence electrons. The van der Waals surface area contributed by atoms with E-state index in [1.54, 1.807) is 19.2 Å². The molecule has 0 atom stereocenters. The van der Waals surface area contributed by atoms with E-state index in [1.807, 2.05) is 138 Å². The summed E-state index contributed by atoms with van der Waals surface area (Å²) in [6, 6.07) is 55.4. The summed E-state index contributed by atoms with van der Waals surface area (Å²) in [5.41, 5.74) is 34.4. The summed E-state index contributed by atoms with van der Waals surface area (Å²) in [7, 11) is -3.85. The molecule has 0 aliphatic rings. The number of ether oxygens (including phenoxy) is 1. The summed E-state index contributed by atoms with van der Waals surface area (Å²) < 4.78 is 59.3. The van der Waals surface area contributed by atoms with Gasteiger partial charge in [0.2, 0.25) is 0 Å². The Bertz CT molecular complexity index is 7230. The van der Waals surface area contributed by atoms with E-state index in [4.69, 9.17) is 89.0 Å². The van der Waals surface area contributed by atoms with Crippen molar-refractivity contribution in [1.82, 2.24) is 0 Å². The van der Waals surface area contributed by atoms with Gasteiger partial charge in [0.1, 0.15) is 79.5 Å². The summed E-state index contributed by atoms with van der Waals surface area (Å²) in [6.45, 7) is 68.7. The van der Waals surface area contributed by atoms with Crippen LogP contribution in [-0.4, -0.2) is 32.6 Å². The maximum atomic E-state index is 10.9. The van der Waals surface area contributed by atoms with E-state index in [1.165, 1.54) is 27.8 Å². The third-order valence-corrected chi connectivity index (χ3v) is 27.1. The Hall–Kier alpha value is -9.93. The number of halogens is 4. The summed E-state index contributed by atoms with van der Waals surface area (Å²) in [6.07, 6.45) is 0. The standard InChI is InChI=1S/C54H60O6P2.C22H30O3.C16H16ClO2P.C16H18O2.C8H10O.Cl3P.Fe/c1-29-17-35(7)47-39(21-29)40-22-30(2)18-36(8)48(40)56-61(55-47)57-49-37(9)19-31(3)23-41(49)42-24-32(4)20-38(10)50(42)58-62-59-51-43(25-33(5)27-45(51)53(11,12)13)44-26-34(6)28-46(52(44)60-62)54(14,15)16;1-13-9-15(19(23)17(10-13)21(2,3)4)16-11-14(25-8)12-18(20(16)24)22(5,6)7;1-9-5-11(3)15-13(7-9)14-8-10(2)6-12(4)16(14)19-20(17)18-15;1-9-5-11(3)15(17)13(7-9)14-8-10(2)6-12(4)16(14)18;1-6-3-4-8(9)7(2)5-6;1-4(2)3;/h17-28H,1-16H3;9-12,23-24H,1-8H3;5-8H,1-4H3;5-8,17-18H,1-4H3;3-5,9H,1-2H3;;. The van der Waals surface area contributed by atoms with E-state index in [9.17, 15) is 20.4 Å². The zero-order valence-corrected chi connectivity index (χ0v) is 94.4. The smallest absolute Gasteiger partial charge is 0.453 e. The summed E-state index contributed by atoms with van der Waals surface area (Å²) >= 11 is 20.8. The van der Waals surface area contributed by atoms with Gasteiger partial charge in [0.25, 0.3) is 0 Å². The van der Waals surface area contributed by atoms with Gasteiger partial charge in [0.15, 0.2) is 5.98 Å². The average Bonchev–Trinajstić information content (AvgIpc) is 1.62. The second kappa shape index (κ2) is 44.7. The number of hydrogen-bond donors (Lipinski definition) is 5. The maximum Gasteiger partial charge on any atom is 0.453 e. The fourth-order valence-electron chi connectivity index (χ4n) is 17.8. The number of fused-ring (bicyclic) bond motifs is 9. The Morgan fingerprint density at radius 3 is 0.806 bits per heavy atom. The number of phenols is 5. The van der Waals surface area contributed by atoms with Crippen molar-refractivity contribution in [2.24, 2.45) is 0 Å². The third kappa shape index (κ3) is 26.5. The van der Waals surface area contributed by atoms with Gasteiger partial charge in [0.05, 0.1) is 7.11 Å². The first-order valence-corrected chi connectivity index (χ1v) is 54.4. The van der Waals surface area contributed by atoms with E-state index in [0.717, 1.165) is 188 Å². The molecule has 14 nitrogen and oxygen atoms in total. The van der Waals surface area contributed by atoms with Gasteiger partial charge in [-0.25, -0.2) is 0 Å². The molecule has 23 heteroatoms. The van der Waals surface area contributed by atoms with Gasteiger partial charge in [-0.15, -0.1) is 0 Å². The molecule has 139 heavy (non-hydrogen) atoms. The molecular formula is C116H134Cl4FeO14P4. The Labute approximate surface area is 855 Å². The van der Waals surface area contributed by atoms with Gasteiger partial charge < -0.3 is 64.5 Å². The van der Waals surface area contributed by atoms with Crippen LogP contribution in [0.25, 0.3) is 99.2 Å². The second-order valence-electron chi connectivity index (χ2n) is 41.2. The number of benzene rings is 13. The average molecular weight is 2070 g/mol. The molecule has 3 aromatic heterocycles. The van der Waals surface area contributed by atoms with Crippen LogP contribution >= 0.6 is 74.8 Å². The van der Waals surface area contributed by atoms with Crippen LogP contribution < -0.4 is 13.8 Å². The van der Waals surface area contributed by atoms with Crippen LogP contribution in [0.1, 0.15) is 222 Å². The van der Waals surface area contributed by atoms with Gasteiger partial charge in [-0.3, -0.25) is 0 Å². The van der Waals surface area contributed by atoms with Gasteiger partial charge in [-0.05, 0) is 363 Å². The topological polar surface area (TPSA) is 208 Å². The van der Waals surface area contributed by atoms with E-state index >= 15 is 0 Å². The summed E-state index contributed by atoms with van der Waals surface area (Å²) in [4.78, 5) is 0. The number of aromatic hydroxyl groups is 5. The van der Waals surface area contributed by atoms with Crippen molar-refractivity contribution in [1.29, 1.82) is 0 Å². The molecule has 0 radical (unpaired) electrons. The van der Waals surface area contributed by atoms with Crippen molar-refractivity contribution >= 4 is 141 Å². The summed E-state index contributed by atoms with van der Waals surface area (Å²) in [5, 5.41) is 57.4. The molecule has 0 unspecified atom stereocenters. The first-order valence-electron chi connectivity index (χ1n) is 46.1. The Morgan fingerprint density at radius 1 is 0.259 bits per heavy atom. The first kappa shape index (κ1) is 111. The molecule has 16 rings (SSSR count). The predicted octanol–water partition coefficient (Wildman–Crippen LogP) is 39.1. The van der Waals surface area contributed by atoms with Crippen LogP contribution in [0.15, 0.2) is 189 Å². The molecule has 0 aliphatic carbocycles. The first-order chi connectivity index (χ1) is 64.2. The number of phenolic OH excluding ortho intramolecular Hbond substituents is 5. The molecule has 3 heterocycles. The molecule has 16 aromatic rings. The van der Waals surface area contributed by atoms with E-state index in [2.05, 4.69) is 242 Å². The van der Waals surface area contributed by atoms with Crippen molar-refractivity contribution in [3.8, 4) is 79.4 Å². The molecule has 0 saturated heterocycles. The van der Waals surface area contributed by atoms with Crippen molar-refractivity contribution in [3.05, 3.63) is 303 Å². The molecule has 0 aliphatic heterocycles. The fraction of sp³-hybridized carbons (Fsp3) is 0.328. The minimum atomic E-state index is -2.03. The van der Waals surface area contributed by atoms with Gasteiger partial charge in [-0.2, -0.15) is 0 Å². The molecule has 0 bridgehead atoms. The van der Waals surface area contributed by atoms with Crippen molar-refractivity contribution in [2.75, 3.05) is 7.11 Å². The minimum Gasteiger partial charge on any atom is -0.508 e. The van der Waals surface area contributed by atoms with E-state index < -0.39 is 29.8 Å². The SMILES string of the molecule is COc1cc(-c2cc(C)cc(C(C)(C)C)c2O)c(O)c(C(C)(C)C)c1.Cc1cc(C)c(O)c(-c2cc(C)cc(C)c2O)c1.Cc1cc(C)c(Op2oc3c(C)cc(C)cc3c3cc(C)cc(C)c3o2)c(-c2cc(C)cc(C)c2Op2oc3c(C(C)(C)C)cc(C)cc3c3cc(C)cc(C(C)(C)C)c3o2)c1.Cc1cc(C)c2op(Cl)oc3c(C)cc(C)cc3c2c1.Cc1ccc(O)c(C)c1.ClP(Cl)Cl.[Fe]. The Balaban J connectivity index is 0.000000210. The largest absolute Gasteiger partial charge is 0.508 e. The quantitative estimate of drug-likeness (QED) is 0.0709. The van der Waals surface area contributed by atoms with Crippen LogP contribution in [0, 0.1) is 145 Å². The molecular weight excluding hydrogens is 1940 g/mol. The maximum absolute atomic E-state index is 10.9. The van der Waals surface area contributed by atoms with E-state index in [-0.39, 0.29) is 61.7 Å². The molecule has 5 N–H and O–H groups in total. The molecule has 0 spiro atoms. The van der Waals surface area contributed by atoms with E-state index in [0.29, 0.717) is 45.3 Å². The van der Waals surface area contributed by atoms with Crippen LogP contribution in [0.3, 0.4) is 0 Å². The third-order valence-electron chi connectivity index (χ3n) is 24.1. The van der Waals surface area contributed by atoms with Gasteiger partial charge >= 0.3 is 23.8 Å². The number of aryl methyl sites for hydroxylation is 21. The second-order valence-corrected chi connectivity index (χ2v) is 49.8. The number of rotatable bonds is 8. The predicted molar refractivity (Wildman–Crippen MR) is 588 cm³/mol. The summed E-state index contributed by atoms with van der Waals surface area (Å²) in [5.74, 6) is 2.04. The van der Waals surface area contributed by atoms with Gasteiger partial charge in [0, 0.05) is 116 Å². The van der Waals surface area contributed by atoms with Crippen molar-refractivity contribution in [3.63, 3.8) is 0 Å². The molecule has 0 fully saturated rings. The van der Waals surface area contributed by atoms with Crippen LogP contribution in [-0.2, 0) is 38.7 Å². The van der Waals surface area contributed by atoms with Crippen LogP contribution in [0.4, 0.5) is 0 Å². The number of methoxy groups -OCH3 is 1. The minimum absolute atomic E-state index is 0. The van der Waals surface area contributed by atoms with Crippen molar-refractivity contribution < 1.29 is 81.6 Å². The monoisotopic (exact) mass is 2070 g/mol. The van der Waals surface area contributed by atoms with Crippen LogP contribution in [0.5, 0.6) is 46.0 Å². The normalized spacial score (nSPS) is 11.5. The zero-order chi connectivity index (χ0) is 102. The molecule has 0 amide bonds. The van der Waals surface area contributed by atoms with Crippen molar-refractivity contribution in [2.45, 2.75) is 250 Å². The fourth-order valence-corrected chi connectivity index (χ4v) is 21.5. The Morgan fingerprint density at radius 2 is 0.496 bits per heavy atom. The molecule has 0 saturated carbocycles. The van der Waals surface area contributed by atoms with Gasteiger partial charge in [-0.1, -0.05) is 201 Å². The molecule has 13 aromatic carbocycles. The zero-order valence-electron chi connectivity index (χ0n) is 86.7. The van der Waals surface area contributed by atoms with Crippen LogP contribution in [0.2, 0.25) is 0 Å². The Kier molecular flexibility index (Phi) is 35.7. The number of hydrogen-bond acceptors (Lipinski definition) is 14.